The number of aliphatic hydroxyl groups is 1. The molecule has 2 N–H and O–H groups in total. The predicted molar refractivity (Wildman–Crippen MR) is 42.3 cm³/mol. The Balaban J connectivity index is 0.000000500. The van der Waals surface area contributed by atoms with E-state index >= 15 is 0 Å². The second kappa shape index (κ2) is 3.07. The van der Waals surface area contributed by atoms with Gasteiger partial charge in [-0.05, 0) is 25.3 Å². The highest BCUT2D eigenvalue weighted by molar-refractivity contribution is 5.85. The van der Waals surface area contributed by atoms with Gasteiger partial charge in [0.05, 0.1) is 6.10 Å². The number of rotatable bonds is 0. The van der Waals surface area contributed by atoms with Crippen molar-refractivity contribution in [3.63, 3.8) is 0 Å². The molecule has 1 saturated heterocycles. The van der Waals surface area contributed by atoms with Gasteiger partial charge in [0.1, 0.15) is 0 Å². The minimum atomic E-state index is 0. The third-order valence-corrected chi connectivity index (χ3v) is 2.72. The Morgan fingerprint density at radius 3 is 2.70 bits per heavy atom. The normalized spacial score (nSPS) is 44.7. The van der Waals surface area contributed by atoms with Crippen LogP contribution in [0.3, 0.4) is 0 Å². The van der Waals surface area contributed by atoms with E-state index in [4.69, 9.17) is 0 Å². The number of aliphatic hydroxyl groups excluding tert-OH is 1. The molecule has 2 rings (SSSR count). The lowest BCUT2D eigenvalue weighted by molar-refractivity contribution is 0.133. The number of nitrogens with one attached hydrogen (secondary N) is 1. The maximum absolute atomic E-state index is 9.36. The van der Waals surface area contributed by atoms with Crippen molar-refractivity contribution in [3.05, 3.63) is 0 Å². The Morgan fingerprint density at radius 2 is 2.00 bits per heavy atom. The second-order valence-corrected chi connectivity index (χ2v) is 3.23. The van der Waals surface area contributed by atoms with Crippen molar-refractivity contribution in [1.29, 1.82) is 0 Å². The molecule has 0 aromatic heterocycles. The molecule has 10 heavy (non-hydrogen) atoms. The van der Waals surface area contributed by atoms with Crippen LogP contribution in [0, 0.1) is 11.8 Å². The van der Waals surface area contributed by atoms with Crippen LogP contribution in [-0.2, 0) is 0 Å². The van der Waals surface area contributed by atoms with Crippen molar-refractivity contribution >= 4 is 12.4 Å². The van der Waals surface area contributed by atoms with Crippen LogP contribution in [0.4, 0.5) is 0 Å². The molecule has 2 nitrogen and oxygen atoms in total. The molecule has 1 saturated carbocycles. The summed E-state index contributed by atoms with van der Waals surface area (Å²) in [6.07, 6.45) is 2.28. The van der Waals surface area contributed by atoms with Crippen molar-refractivity contribution in [2.24, 2.45) is 11.8 Å². The van der Waals surface area contributed by atoms with Gasteiger partial charge >= 0.3 is 0 Å². The van der Waals surface area contributed by atoms with Gasteiger partial charge in [-0.1, -0.05) is 0 Å². The molecule has 1 aliphatic heterocycles. The fourth-order valence-electron chi connectivity index (χ4n) is 2.12. The number of hydrogen-bond acceptors (Lipinski definition) is 2. The third kappa shape index (κ3) is 1.16. The average Bonchev–Trinajstić information content (AvgIpc) is 2.35. The van der Waals surface area contributed by atoms with E-state index in [1.165, 1.54) is 6.42 Å². The van der Waals surface area contributed by atoms with Gasteiger partial charge in [0.2, 0.25) is 0 Å². The van der Waals surface area contributed by atoms with Gasteiger partial charge in [-0.3, -0.25) is 0 Å². The Kier molecular flexibility index (Phi) is 2.55. The minimum Gasteiger partial charge on any atom is -0.393 e. The Hall–Kier alpha value is 0.210. The number of fused-ring (bicyclic) bond motifs is 1. The minimum absolute atomic E-state index is 0. The maximum atomic E-state index is 9.36. The summed E-state index contributed by atoms with van der Waals surface area (Å²) in [7, 11) is 0. The van der Waals surface area contributed by atoms with Crippen LogP contribution in [0.1, 0.15) is 12.8 Å². The lowest BCUT2D eigenvalue weighted by Gasteiger charge is -2.09. The summed E-state index contributed by atoms with van der Waals surface area (Å²) >= 11 is 0. The first-order valence-corrected chi connectivity index (χ1v) is 3.76. The van der Waals surface area contributed by atoms with E-state index in [1.54, 1.807) is 0 Å². The van der Waals surface area contributed by atoms with E-state index in [2.05, 4.69) is 5.32 Å². The molecule has 3 heteroatoms. The maximum Gasteiger partial charge on any atom is 0.0583 e. The largest absolute Gasteiger partial charge is 0.393 e. The molecular weight excluding hydrogens is 150 g/mol. The van der Waals surface area contributed by atoms with Crippen LogP contribution in [0.5, 0.6) is 0 Å². The first-order valence-electron chi connectivity index (χ1n) is 3.76. The van der Waals surface area contributed by atoms with Gasteiger partial charge in [0, 0.05) is 12.5 Å². The van der Waals surface area contributed by atoms with Gasteiger partial charge in [0.25, 0.3) is 0 Å². The Morgan fingerprint density at radius 1 is 1.20 bits per heavy atom. The van der Waals surface area contributed by atoms with E-state index in [1.807, 2.05) is 0 Å². The molecular formula is C7H14ClNO. The molecule has 0 spiro atoms. The van der Waals surface area contributed by atoms with Gasteiger partial charge in [0.15, 0.2) is 0 Å². The molecule has 2 fully saturated rings. The van der Waals surface area contributed by atoms with Crippen LogP contribution in [-0.4, -0.2) is 24.3 Å². The van der Waals surface area contributed by atoms with E-state index in [0.717, 1.165) is 25.4 Å². The lowest BCUT2D eigenvalue weighted by Crippen LogP contribution is -2.19. The van der Waals surface area contributed by atoms with Crippen LogP contribution in [0.15, 0.2) is 0 Å². The quantitative estimate of drug-likeness (QED) is 0.542. The summed E-state index contributed by atoms with van der Waals surface area (Å²) in [5, 5.41) is 12.7. The molecule has 0 aromatic carbocycles. The molecule has 1 heterocycles. The summed E-state index contributed by atoms with van der Waals surface area (Å²) in [5.41, 5.74) is 0. The first kappa shape index (κ1) is 8.31. The number of halogens is 1. The van der Waals surface area contributed by atoms with E-state index in [9.17, 15) is 5.11 Å². The highest BCUT2D eigenvalue weighted by Gasteiger charge is 2.37. The summed E-state index contributed by atoms with van der Waals surface area (Å²) in [6.45, 7) is 2.19. The molecule has 0 radical (unpaired) electrons. The summed E-state index contributed by atoms with van der Waals surface area (Å²) in [4.78, 5) is 0. The van der Waals surface area contributed by atoms with Crippen molar-refractivity contribution in [1.82, 2.24) is 5.32 Å². The average molecular weight is 164 g/mol. The SMILES string of the molecule is Cl.O[C@H]1CC[C@H]2CNC[C@H]21. The van der Waals surface area contributed by atoms with Gasteiger partial charge < -0.3 is 10.4 Å². The Bertz CT molecular complexity index is 120. The van der Waals surface area contributed by atoms with Crippen LogP contribution in [0.2, 0.25) is 0 Å². The summed E-state index contributed by atoms with van der Waals surface area (Å²) < 4.78 is 0. The topological polar surface area (TPSA) is 32.3 Å². The molecule has 1 aliphatic carbocycles. The predicted octanol–water partition coefficient (Wildman–Crippen LogP) is 0.398. The van der Waals surface area contributed by atoms with Gasteiger partial charge in [-0.2, -0.15) is 0 Å². The van der Waals surface area contributed by atoms with Crippen molar-refractivity contribution in [2.75, 3.05) is 13.1 Å². The molecule has 0 aromatic rings. The summed E-state index contributed by atoms with van der Waals surface area (Å²) in [6, 6.07) is 0. The fraction of sp³-hybridized carbons (Fsp3) is 1.00. The standard InChI is InChI=1S/C7H13NO.ClH/c9-7-2-1-5-3-8-4-6(5)7;/h5-9H,1-4H2;1H/t5-,6+,7-;/m0./s1. The highest BCUT2D eigenvalue weighted by atomic mass is 35.5. The number of hydrogen-bond donors (Lipinski definition) is 2. The zero-order chi connectivity index (χ0) is 6.27. The Labute approximate surface area is 67.4 Å². The zero-order valence-corrected chi connectivity index (χ0v) is 6.73. The molecule has 0 bridgehead atoms. The molecule has 0 amide bonds. The van der Waals surface area contributed by atoms with Crippen LogP contribution < -0.4 is 5.32 Å². The monoisotopic (exact) mass is 163 g/mol. The lowest BCUT2D eigenvalue weighted by atomic mass is 10.00. The molecule has 60 valence electrons. The van der Waals surface area contributed by atoms with Gasteiger partial charge in [-0.25, -0.2) is 0 Å². The second-order valence-electron chi connectivity index (χ2n) is 3.23. The van der Waals surface area contributed by atoms with Crippen molar-refractivity contribution in [2.45, 2.75) is 18.9 Å². The smallest absolute Gasteiger partial charge is 0.0583 e. The van der Waals surface area contributed by atoms with E-state index in [-0.39, 0.29) is 18.5 Å². The zero-order valence-electron chi connectivity index (χ0n) is 5.92. The van der Waals surface area contributed by atoms with Crippen LogP contribution >= 0.6 is 12.4 Å². The van der Waals surface area contributed by atoms with Gasteiger partial charge in [-0.15, -0.1) is 12.4 Å². The highest BCUT2D eigenvalue weighted by Crippen LogP contribution is 2.33. The van der Waals surface area contributed by atoms with Crippen LogP contribution in [0.25, 0.3) is 0 Å². The third-order valence-electron chi connectivity index (χ3n) is 2.72. The van der Waals surface area contributed by atoms with Crippen molar-refractivity contribution in [3.8, 4) is 0 Å². The fourth-order valence-corrected chi connectivity index (χ4v) is 2.12. The molecule has 2 aliphatic rings. The van der Waals surface area contributed by atoms with E-state index < -0.39 is 0 Å². The van der Waals surface area contributed by atoms with Crippen molar-refractivity contribution < 1.29 is 5.11 Å². The molecule has 3 atom stereocenters. The van der Waals surface area contributed by atoms with E-state index in [0.29, 0.717) is 5.92 Å². The first-order chi connectivity index (χ1) is 4.38. The summed E-state index contributed by atoms with van der Waals surface area (Å²) in [5.74, 6) is 1.38. The molecule has 0 unspecified atom stereocenters.